The van der Waals surface area contributed by atoms with E-state index in [0.717, 1.165) is 18.5 Å². The number of halogens is 1. The monoisotopic (exact) mass is 225 g/mol. The fourth-order valence-electron chi connectivity index (χ4n) is 1.79. The van der Waals surface area contributed by atoms with E-state index in [4.69, 9.17) is 4.74 Å². The SMILES string of the molecule is CCOc1ccc(C(CC)CNC)cc1F. The molecule has 0 aromatic heterocycles. The molecule has 1 aromatic carbocycles. The zero-order valence-electron chi connectivity index (χ0n) is 10.2. The van der Waals surface area contributed by atoms with Crippen LogP contribution in [-0.4, -0.2) is 20.2 Å². The first-order valence-electron chi connectivity index (χ1n) is 5.79. The van der Waals surface area contributed by atoms with Crippen LogP contribution >= 0.6 is 0 Å². The molecule has 0 saturated heterocycles. The van der Waals surface area contributed by atoms with Crippen LogP contribution in [0.3, 0.4) is 0 Å². The maximum Gasteiger partial charge on any atom is 0.165 e. The minimum atomic E-state index is -0.270. The third kappa shape index (κ3) is 3.20. The van der Waals surface area contributed by atoms with Crippen LogP contribution in [0, 0.1) is 5.82 Å². The van der Waals surface area contributed by atoms with Gasteiger partial charge in [0.15, 0.2) is 11.6 Å². The van der Waals surface area contributed by atoms with Gasteiger partial charge >= 0.3 is 0 Å². The molecular weight excluding hydrogens is 205 g/mol. The molecule has 2 nitrogen and oxygen atoms in total. The molecule has 1 rings (SSSR count). The largest absolute Gasteiger partial charge is 0.491 e. The van der Waals surface area contributed by atoms with Crippen LogP contribution in [0.5, 0.6) is 5.75 Å². The van der Waals surface area contributed by atoms with Crippen LogP contribution < -0.4 is 10.1 Å². The molecule has 1 atom stereocenters. The van der Waals surface area contributed by atoms with Gasteiger partial charge in [0.25, 0.3) is 0 Å². The van der Waals surface area contributed by atoms with Crippen LogP contribution in [0.25, 0.3) is 0 Å². The van der Waals surface area contributed by atoms with Crippen molar-refractivity contribution in [1.82, 2.24) is 5.32 Å². The van der Waals surface area contributed by atoms with Crippen molar-refractivity contribution in [3.8, 4) is 5.75 Å². The van der Waals surface area contributed by atoms with Gasteiger partial charge < -0.3 is 10.1 Å². The number of hydrogen-bond donors (Lipinski definition) is 1. The smallest absolute Gasteiger partial charge is 0.165 e. The Balaban J connectivity index is 2.85. The minimum Gasteiger partial charge on any atom is -0.491 e. The van der Waals surface area contributed by atoms with Gasteiger partial charge in [-0.25, -0.2) is 4.39 Å². The van der Waals surface area contributed by atoms with Gasteiger partial charge in [-0.2, -0.15) is 0 Å². The van der Waals surface area contributed by atoms with Gasteiger partial charge in [0, 0.05) is 6.54 Å². The van der Waals surface area contributed by atoms with Gasteiger partial charge in [-0.1, -0.05) is 13.0 Å². The van der Waals surface area contributed by atoms with Gasteiger partial charge in [0.2, 0.25) is 0 Å². The highest BCUT2D eigenvalue weighted by molar-refractivity contribution is 5.31. The number of benzene rings is 1. The van der Waals surface area contributed by atoms with Crippen LogP contribution in [0.2, 0.25) is 0 Å². The lowest BCUT2D eigenvalue weighted by Crippen LogP contribution is -2.16. The highest BCUT2D eigenvalue weighted by Gasteiger charge is 2.11. The summed E-state index contributed by atoms with van der Waals surface area (Å²) in [4.78, 5) is 0. The van der Waals surface area contributed by atoms with Gasteiger partial charge in [-0.3, -0.25) is 0 Å². The van der Waals surface area contributed by atoms with Crippen LogP contribution in [0.1, 0.15) is 31.7 Å². The van der Waals surface area contributed by atoms with Gasteiger partial charge in [0.05, 0.1) is 6.61 Å². The molecule has 0 spiro atoms. The predicted octanol–water partition coefficient (Wildman–Crippen LogP) is 2.94. The molecule has 1 N–H and O–H groups in total. The van der Waals surface area contributed by atoms with E-state index >= 15 is 0 Å². The van der Waals surface area contributed by atoms with Gasteiger partial charge in [-0.05, 0) is 44.0 Å². The normalized spacial score (nSPS) is 12.5. The maximum absolute atomic E-state index is 13.6. The standard InChI is InChI=1S/C13H20FNO/c1-4-10(9-15-3)11-6-7-13(16-5-2)12(14)8-11/h6-8,10,15H,4-5,9H2,1-3H3. The van der Waals surface area contributed by atoms with Crippen LogP contribution in [0.4, 0.5) is 4.39 Å². The molecule has 0 aliphatic rings. The molecule has 0 heterocycles. The molecule has 1 aromatic rings. The van der Waals surface area contributed by atoms with E-state index in [1.165, 1.54) is 0 Å². The van der Waals surface area contributed by atoms with E-state index < -0.39 is 0 Å². The van der Waals surface area contributed by atoms with E-state index in [-0.39, 0.29) is 5.82 Å². The Hall–Kier alpha value is -1.09. The second-order valence-corrected chi connectivity index (χ2v) is 3.79. The second-order valence-electron chi connectivity index (χ2n) is 3.79. The summed E-state index contributed by atoms with van der Waals surface area (Å²) in [7, 11) is 1.91. The fraction of sp³-hybridized carbons (Fsp3) is 0.538. The lowest BCUT2D eigenvalue weighted by atomic mass is 9.96. The van der Waals surface area contributed by atoms with Crippen molar-refractivity contribution in [2.24, 2.45) is 0 Å². The molecule has 0 bridgehead atoms. The fourth-order valence-corrected chi connectivity index (χ4v) is 1.79. The Morgan fingerprint density at radius 2 is 2.12 bits per heavy atom. The van der Waals surface area contributed by atoms with E-state index in [2.05, 4.69) is 12.2 Å². The molecular formula is C13H20FNO. The maximum atomic E-state index is 13.6. The van der Waals surface area contributed by atoms with Crippen molar-refractivity contribution in [3.05, 3.63) is 29.6 Å². The molecule has 1 unspecified atom stereocenters. The molecule has 16 heavy (non-hydrogen) atoms. The summed E-state index contributed by atoms with van der Waals surface area (Å²) in [6.07, 6.45) is 0.994. The highest BCUT2D eigenvalue weighted by atomic mass is 19.1. The molecule has 0 saturated carbocycles. The van der Waals surface area contributed by atoms with Gasteiger partial charge in [0.1, 0.15) is 0 Å². The third-order valence-corrected chi connectivity index (χ3v) is 2.67. The van der Waals surface area contributed by atoms with Crippen LogP contribution in [-0.2, 0) is 0 Å². The van der Waals surface area contributed by atoms with E-state index in [0.29, 0.717) is 18.3 Å². The number of nitrogens with one attached hydrogen (secondary N) is 1. The summed E-state index contributed by atoms with van der Waals surface area (Å²) in [6, 6.07) is 5.24. The first kappa shape index (κ1) is 13.0. The summed E-state index contributed by atoms with van der Waals surface area (Å²) in [5, 5.41) is 3.12. The van der Waals surface area contributed by atoms with Gasteiger partial charge in [-0.15, -0.1) is 0 Å². The summed E-state index contributed by atoms with van der Waals surface area (Å²) in [5.41, 5.74) is 1.03. The predicted molar refractivity (Wildman–Crippen MR) is 64.5 cm³/mol. The molecule has 0 radical (unpaired) electrons. The Morgan fingerprint density at radius 1 is 1.38 bits per heavy atom. The number of hydrogen-bond acceptors (Lipinski definition) is 2. The zero-order chi connectivity index (χ0) is 12.0. The van der Waals surface area contributed by atoms with Crippen LogP contribution in [0.15, 0.2) is 18.2 Å². The van der Waals surface area contributed by atoms with Crippen molar-refractivity contribution >= 4 is 0 Å². The summed E-state index contributed by atoms with van der Waals surface area (Å²) < 4.78 is 18.8. The number of rotatable bonds is 6. The van der Waals surface area contributed by atoms with Crippen molar-refractivity contribution in [3.63, 3.8) is 0 Å². The lowest BCUT2D eigenvalue weighted by molar-refractivity contribution is 0.321. The topological polar surface area (TPSA) is 21.3 Å². The Kier molecular flexibility index (Phi) is 5.26. The molecule has 90 valence electrons. The molecule has 0 fully saturated rings. The highest BCUT2D eigenvalue weighted by Crippen LogP contribution is 2.24. The summed E-state index contributed by atoms with van der Waals surface area (Å²) >= 11 is 0. The Labute approximate surface area is 96.8 Å². The van der Waals surface area contributed by atoms with Crippen molar-refractivity contribution in [2.75, 3.05) is 20.2 Å². The molecule has 3 heteroatoms. The molecule has 0 amide bonds. The first-order valence-corrected chi connectivity index (χ1v) is 5.79. The average Bonchev–Trinajstić information content (AvgIpc) is 2.29. The Morgan fingerprint density at radius 3 is 2.62 bits per heavy atom. The van der Waals surface area contributed by atoms with E-state index in [1.54, 1.807) is 12.1 Å². The third-order valence-electron chi connectivity index (χ3n) is 2.67. The van der Waals surface area contributed by atoms with Crippen molar-refractivity contribution < 1.29 is 9.13 Å². The van der Waals surface area contributed by atoms with E-state index in [1.807, 2.05) is 20.0 Å². The zero-order valence-corrected chi connectivity index (χ0v) is 10.2. The molecule has 0 aliphatic heterocycles. The number of ether oxygens (including phenoxy) is 1. The number of likely N-dealkylation sites (N-methyl/N-ethyl adjacent to an activating group) is 1. The van der Waals surface area contributed by atoms with Crippen molar-refractivity contribution in [1.29, 1.82) is 0 Å². The van der Waals surface area contributed by atoms with Crippen molar-refractivity contribution in [2.45, 2.75) is 26.2 Å². The Bertz CT molecular complexity index is 328. The summed E-state index contributed by atoms with van der Waals surface area (Å²) in [5.74, 6) is 0.426. The summed E-state index contributed by atoms with van der Waals surface area (Å²) in [6.45, 7) is 5.31. The minimum absolute atomic E-state index is 0.270. The van der Waals surface area contributed by atoms with E-state index in [9.17, 15) is 4.39 Å². The average molecular weight is 225 g/mol. The second kappa shape index (κ2) is 6.48. The lowest BCUT2D eigenvalue weighted by Gasteiger charge is -2.15. The molecule has 0 aliphatic carbocycles. The quantitative estimate of drug-likeness (QED) is 0.803. The first-order chi connectivity index (χ1) is 7.72.